The molecule has 2 aromatic heterocycles. The molecular formula is C22H20Br2N8. The third-order valence-corrected chi connectivity index (χ3v) is 5.57. The van der Waals surface area contributed by atoms with Gasteiger partial charge in [-0.15, -0.1) is 0 Å². The Morgan fingerprint density at radius 1 is 0.875 bits per heavy atom. The van der Waals surface area contributed by atoms with Crippen LogP contribution in [0.4, 0.5) is 17.6 Å². The number of hydrogen-bond acceptors (Lipinski definition) is 7. The monoisotopic (exact) mass is 554 g/mol. The normalized spacial score (nSPS) is 11.5. The number of aryl methyl sites for hydroxylation is 2. The summed E-state index contributed by atoms with van der Waals surface area (Å²) in [6.45, 7) is 5.80. The lowest BCUT2D eigenvalue weighted by molar-refractivity contribution is 0.767. The molecule has 0 spiro atoms. The van der Waals surface area contributed by atoms with Crippen molar-refractivity contribution >= 4 is 55.2 Å². The van der Waals surface area contributed by atoms with Crippen molar-refractivity contribution in [2.45, 2.75) is 20.8 Å². The van der Waals surface area contributed by atoms with E-state index in [0.29, 0.717) is 17.8 Å². The molecule has 32 heavy (non-hydrogen) atoms. The van der Waals surface area contributed by atoms with E-state index in [1.165, 1.54) is 0 Å². The lowest BCUT2D eigenvalue weighted by atomic mass is 10.1. The van der Waals surface area contributed by atoms with Gasteiger partial charge in [-0.25, -0.2) is 10.1 Å². The third kappa shape index (κ3) is 5.38. The Hall–Kier alpha value is -3.11. The molecule has 0 saturated carbocycles. The Kier molecular flexibility index (Phi) is 6.61. The van der Waals surface area contributed by atoms with Gasteiger partial charge in [0, 0.05) is 20.3 Å². The quantitative estimate of drug-likeness (QED) is 0.231. The average molecular weight is 556 g/mol. The zero-order valence-corrected chi connectivity index (χ0v) is 20.8. The van der Waals surface area contributed by atoms with E-state index >= 15 is 0 Å². The molecule has 0 fully saturated rings. The van der Waals surface area contributed by atoms with E-state index in [0.717, 1.165) is 37.3 Å². The summed E-state index contributed by atoms with van der Waals surface area (Å²) < 4.78 is 3.68. The van der Waals surface area contributed by atoms with Crippen LogP contribution in [0.3, 0.4) is 0 Å². The molecule has 0 unspecified atom stereocenters. The van der Waals surface area contributed by atoms with Gasteiger partial charge in [-0.05, 0) is 68.8 Å². The van der Waals surface area contributed by atoms with Gasteiger partial charge < -0.3 is 5.32 Å². The SMILES string of the molecule is C/C(=N\Nc1nc(Nc2ccc(Br)cc2)nc(-n2nc(C)cc2C)n1)c1ccc(Br)cc1. The molecule has 0 saturated heterocycles. The van der Waals surface area contributed by atoms with Gasteiger partial charge in [0.15, 0.2) is 0 Å². The van der Waals surface area contributed by atoms with Crippen LogP contribution in [0.15, 0.2) is 68.6 Å². The number of hydrazone groups is 1. The fourth-order valence-electron chi connectivity index (χ4n) is 2.95. The van der Waals surface area contributed by atoms with Crippen LogP contribution in [0.5, 0.6) is 0 Å². The minimum Gasteiger partial charge on any atom is -0.324 e. The standard InChI is InChI=1S/C22H20Br2N8/c1-13-12-14(2)32(31-13)22-27-20(25-19-10-8-18(24)9-11-19)26-21(28-22)30-29-15(3)16-4-6-17(23)7-5-16/h4-12H,1-3H3,(H2,25,26,27,28,30)/b29-15+. The Labute approximate surface area is 202 Å². The predicted molar refractivity (Wildman–Crippen MR) is 134 cm³/mol. The molecule has 2 heterocycles. The number of hydrogen-bond donors (Lipinski definition) is 2. The highest BCUT2D eigenvalue weighted by molar-refractivity contribution is 9.10. The third-order valence-electron chi connectivity index (χ3n) is 4.51. The first-order valence-corrected chi connectivity index (χ1v) is 11.3. The van der Waals surface area contributed by atoms with Crippen LogP contribution in [-0.4, -0.2) is 30.4 Å². The molecule has 2 aromatic carbocycles. The molecule has 8 nitrogen and oxygen atoms in total. The maximum atomic E-state index is 4.55. The van der Waals surface area contributed by atoms with E-state index in [4.69, 9.17) is 0 Å². The van der Waals surface area contributed by atoms with Gasteiger partial charge in [-0.1, -0.05) is 44.0 Å². The zero-order valence-electron chi connectivity index (χ0n) is 17.6. The summed E-state index contributed by atoms with van der Waals surface area (Å²) in [5, 5.41) is 12.2. The largest absolute Gasteiger partial charge is 0.324 e. The molecule has 4 aromatic rings. The van der Waals surface area contributed by atoms with Crippen molar-refractivity contribution in [2.75, 3.05) is 10.7 Å². The average Bonchev–Trinajstić information content (AvgIpc) is 3.12. The molecule has 4 rings (SSSR count). The number of rotatable bonds is 6. The summed E-state index contributed by atoms with van der Waals surface area (Å²) in [4.78, 5) is 13.6. The van der Waals surface area contributed by atoms with Crippen LogP contribution < -0.4 is 10.7 Å². The van der Waals surface area contributed by atoms with E-state index in [1.54, 1.807) is 4.68 Å². The van der Waals surface area contributed by atoms with Gasteiger partial charge in [0.05, 0.1) is 11.4 Å². The van der Waals surface area contributed by atoms with Crippen molar-refractivity contribution in [1.82, 2.24) is 24.7 Å². The topological polar surface area (TPSA) is 92.9 Å². The first-order chi connectivity index (χ1) is 15.4. The van der Waals surface area contributed by atoms with E-state index in [-0.39, 0.29) is 0 Å². The number of nitrogens with zero attached hydrogens (tertiary/aromatic N) is 6. The highest BCUT2D eigenvalue weighted by Crippen LogP contribution is 2.19. The molecule has 0 aliphatic heterocycles. The van der Waals surface area contributed by atoms with Crippen LogP contribution >= 0.6 is 31.9 Å². The molecule has 162 valence electrons. The Morgan fingerprint density at radius 2 is 1.50 bits per heavy atom. The van der Waals surface area contributed by atoms with Crippen LogP contribution in [0.2, 0.25) is 0 Å². The molecule has 0 atom stereocenters. The molecule has 0 radical (unpaired) electrons. The molecule has 2 N–H and O–H groups in total. The fraction of sp³-hybridized carbons (Fsp3) is 0.136. The lowest BCUT2D eigenvalue weighted by Gasteiger charge is -2.10. The summed E-state index contributed by atoms with van der Waals surface area (Å²) >= 11 is 6.89. The maximum Gasteiger partial charge on any atom is 0.257 e. The van der Waals surface area contributed by atoms with Gasteiger partial charge in [-0.2, -0.15) is 25.2 Å². The molecule has 0 aliphatic carbocycles. The van der Waals surface area contributed by atoms with Gasteiger partial charge in [0.2, 0.25) is 11.9 Å². The van der Waals surface area contributed by atoms with Gasteiger partial charge in [0.25, 0.3) is 5.95 Å². The second-order valence-corrected chi connectivity index (χ2v) is 8.90. The highest BCUT2D eigenvalue weighted by atomic mass is 79.9. The van der Waals surface area contributed by atoms with Crippen LogP contribution in [-0.2, 0) is 0 Å². The first kappa shape index (κ1) is 22.1. The Balaban J connectivity index is 1.67. The Morgan fingerprint density at radius 3 is 2.12 bits per heavy atom. The van der Waals surface area contributed by atoms with Gasteiger partial charge >= 0.3 is 0 Å². The van der Waals surface area contributed by atoms with Crippen molar-refractivity contribution < 1.29 is 0 Å². The van der Waals surface area contributed by atoms with Gasteiger partial charge in [0.1, 0.15) is 0 Å². The summed E-state index contributed by atoms with van der Waals surface area (Å²) in [5.41, 5.74) is 7.39. The van der Waals surface area contributed by atoms with Crippen molar-refractivity contribution in [3.05, 3.63) is 80.5 Å². The van der Waals surface area contributed by atoms with Gasteiger partial charge in [-0.3, -0.25) is 0 Å². The van der Waals surface area contributed by atoms with E-state index < -0.39 is 0 Å². The molecule has 10 heteroatoms. The fourth-order valence-corrected chi connectivity index (χ4v) is 3.48. The molecule has 0 bridgehead atoms. The van der Waals surface area contributed by atoms with Crippen molar-refractivity contribution in [3.63, 3.8) is 0 Å². The van der Waals surface area contributed by atoms with Crippen molar-refractivity contribution in [1.29, 1.82) is 0 Å². The highest BCUT2D eigenvalue weighted by Gasteiger charge is 2.12. The smallest absolute Gasteiger partial charge is 0.257 e. The summed E-state index contributed by atoms with van der Waals surface area (Å²) in [6.07, 6.45) is 0. The second kappa shape index (κ2) is 9.58. The molecular weight excluding hydrogens is 536 g/mol. The minimum atomic E-state index is 0.304. The van der Waals surface area contributed by atoms with Crippen LogP contribution in [0.1, 0.15) is 23.9 Å². The molecule has 0 aliphatic rings. The minimum absolute atomic E-state index is 0.304. The van der Waals surface area contributed by atoms with E-state index in [1.807, 2.05) is 75.4 Å². The Bertz CT molecular complexity index is 1260. The summed E-state index contributed by atoms with van der Waals surface area (Å²) in [6, 6.07) is 17.6. The predicted octanol–water partition coefficient (Wildman–Crippen LogP) is 5.78. The number of halogens is 2. The van der Waals surface area contributed by atoms with E-state index in [9.17, 15) is 0 Å². The van der Waals surface area contributed by atoms with E-state index in [2.05, 4.69) is 67.8 Å². The maximum absolute atomic E-state index is 4.55. The zero-order chi connectivity index (χ0) is 22.7. The number of nitrogens with one attached hydrogen (secondary N) is 2. The number of anilines is 3. The van der Waals surface area contributed by atoms with Crippen molar-refractivity contribution in [2.24, 2.45) is 5.10 Å². The first-order valence-electron chi connectivity index (χ1n) is 9.76. The number of benzene rings is 2. The summed E-state index contributed by atoms with van der Waals surface area (Å²) in [5.74, 6) is 1.08. The summed E-state index contributed by atoms with van der Waals surface area (Å²) in [7, 11) is 0. The molecule has 0 amide bonds. The van der Waals surface area contributed by atoms with Crippen molar-refractivity contribution in [3.8, 4) is 5.95 Å². The lowest BCUT2D eigenvalue weighted by Crippen LogP contribution is -2.11. The number of aromatic nitrogens is 5. The second-order valence-electron chi connectivity index (χ2n) is 7.07. The van der Waals surface area contributed by atoms with Crippen LogP contribution in [0.25, 0.3) is 5.95 Å². The van der Waals surface area contributed by atoms with Crippen LogP contribution in [0, 0.1) is 13.8 Å².